The fraction of sp³-hybridized carbons (Fsp3) is 0.286. The van der Waals surface area contributed by atoms with E-state index in [1.54, 1.807) is 12.1 Å². The second kappa shape index (κ2) is 11.0. The highest BCUT2D eigenvalue weighted by atomic mass is 16.7. The first-order chi connectivity index (χ1) is 17.6. The molecule has 3 aromatic rings. The van der Waals surface area contributed by atoms with Crippen molar-refractivity contribution in [3.63, 3.8) is 0 Å². The first kappa shape index (κ1) is 24.1. The Bertz CT molecular complexity index is 1170. The van der Waals surface area contributed by atoms with E-state index in [9.17, 15) is 9.59 Å². The van der Waals surface area contributed by atoms with Crippen LogP contribution in [0.25, 0.3) is 0 Å². The number of ether oxygens (including phenoxy) is 5. The first-order valence-electron chi connectivity index (χ1n) is 11.7. The molecular formula is C28H26O8. The van der Waals surface area contributed by atoms with Crippen LogP contribution >= 0.6 is 0 Å². The normalized spacial score (nSPS) is 24.9. The zero-order chi connectivity index (χ0) is 24.9. The Kier molecular flexibility index (Phi) is 7.39. The number of carbonyl (C=O) groups is 2. The summed E-state index contributed by atoms with van der Waals surface area (Å²) in [5.41, 5.74) is 2.86. The second-order valence-corrected chi connectivity index (χ2v) is 8.66. The molecule has 5 atom stereocenters. The summed E-state index contributed by atoms with van der Waals surface area (Å²) >= 11 is 0. The van der Waals surface area contributed by atoms with Gasteiger partial charge in [-0.1, -0.05) is 72.8 Å². The molecule has 3 aromatic carbocycles. The Morgan fingerprint density at radius 3 is 1.83 bits per heavy atom. The number of hydrogen-bond donors (Lipinski definition) is 1. The summed E-state index contributed by atoms with van der Waals surface area (Å²) in [5.74, 6) is -1.51. The fourth-order valence-corrected chi connectivity index (χ4v) is 4.28. The van der Waals surface area contributed by atoms with E-state index in [1.165, 1.54) is 12.1 Å². The van der Waals surface area contributed by atoms with E-state index in [-0.39, 0.29) is 18.8 Å². The quantitative estimate of drug-likeness (QED) is 0.429. The van der Waals surface area contributed by atoms with Crippen LogP contribution in [-0.4, -0.2) is 47.8 Å². The summed E-state index contributed by atoms with van der Waals surface area (Å²) in [7, 11) is 0. The van der Waals surface area contributed by atoms with Crippen molar-refractivity contribution >= 4 is 11.9 Å². The molecule has 2 saturated heterocycles. The van der Waals surface area contributed by atoms with Crippen molar-refractivity contribution in [1.82, 2.24) is 0 Å². The summed E-state index contributed by atoms with van der Waals surface area (Å²) < 4.78 is 30.0. The lowest BCUT2D eigenvalue weighted by Crippen LogP contribution is -2.56. The highest BCUT2D eigenvalue weighted by Gasteiger charge is 2.58. The standard InChI is InChI=1S/C28H26O8/c29-26(30)21-13-11-20(12-14-21)17-34-28-25(33-16-19-9-5-2-6-10-19)23-22(24(36-28)27(31)35-23)32-15-18-7-3-1-4-8-18/h1-14,22-25,28H,15-17H2,(H,29,30)/t22-,23-,24-,25-,28-/m0/s1. The van der Waals surface area contributed by atoms with E-state index in [0.717, 1.165) is 16.7 Å². The molecule has 0 unspecified atom stereocenters. The summed E-state index contributed by atoms with van der Waals surface area (Å²) in [6.45, 7) is 0.705. The van der Waals surface area contributed by atoms with Gasteiger partial charge in [0.05, 0.1) is 25.4 Å². The topological polar surface area (TPSA) is 101 Å². The van der Waals surface area contributed by atoms with Crippen molar-refractivity contribution in [3.8, 4) is 0 Å². The first-order valence-corrected chi connectivity index (χ1v) is 11.7. The minimum absolute atomic E-state index is 0.138. The number of aromatic carboxylic acids is 1. The summed E-state index contributed by atoms with van der Waals surface area (Å²) in [4.78, 5) is 23.7. The summed E-state index contributed by atoms with van der Waals surface area (Å²) in [6, 6.07) is 25.7. The van der Waals surface area contributed by atoms with Crippen LogP contribution in [0.1, 0.15) is 27.0 Å². The Labute approximate surface area is 208 Å². The third kappa shape index (κ3) is 5.47. The highest BCUT2D eigenvalue weighted by Crippen LogP contribution is 2.36. The molecule has 2 aliphatic rings. The Balaban J connectivity index is 1.31. The molecule has 0 spiro atoms. The maximum atomic E-state index is 12.6. The molecule has 5 rings (SSSR count). The average Bonchev–Trinajstić information content (AvgIpc) is 3.14. The van der Waals surface area contributed by atoms with E-state index >= 15 is 0 Å². The lowest BCUT2D eigenvalue weighted by atomic mass is 10.0. The number of fused-ring (bicyclic) bond motifs is 2. The van der Waals surface area contributed by atoms with Gasteiger partial charge in [-0.25, -0.2) is 9.59 Å². The van der Waals surface area contributed by atoms with E-state index in [1.807, 2.05) is 60.7 Å². The molecule has 2 aliphatic heterocycles. The van der Waals surface area contributed by atoms with Gasteiger partial charge in [0, 0.05) is 0 Å². The predicted molar refractivity (Wildman–Crippen MR) is 127 cm³/mol. The molecule has 8 heteroatoms. The smallest absolute Gasteiger partial charge is 0.338 e. The molecule has 0 amide bonds. The van der Waals surface area contributed by atoms with Gasteiger partial charge in [-0.2, -0.15) is 0 Å². The van der Waals surface area contributed by atoms with Crippen LogP contribution in [0.4, 0.5) is 0 Å². The van der Waals surface area contributed by atoms with Crippen molar-refractivity contribution in [2.45, 2.75) is 50.5 Å². The molecule has 0 radical (unpaired) electrons. The van der Waals surface area contributed by atoms with E-state index in [2.05, 4.69) is 0 Å². The zero-order valence-electron chi connectivity index (χ0n) is 19.4. The maximum Gasteiger partial charge on any atom is 0.338 e. The van der Waals surface area contributed by atoms with Crippen LogP contribution in [-0.2, 0) is 48.3 Å². The SMILES string of the molecule is O=C(O)c1ccc(CO[C@H]2O[C@@H]3C(=O)O[C@H]([C@@H]2OCc2ccccc2)[C@@H]3OCc2ccccc2)cc1. The summed E-state index contributed by atoms with van der Waals surface area (Å²) in [6.07, 6.45) is -3.90. The fourth-order valence-electron chi connectivity index (χ4n) is 4.28. The van der Waals surface area contributed by atoms with Crippen molar-refractivity contribution in [2.24, 2.45) is 0 Å². The van der Waals surface area contributed by atoms with E-state index < -0.39 is 42.6 Å². The number of carboxylic acids is 1. The van der Waals surface area contributed by atoms with Gasteiger partial charge < -0.3 is 28.8 Å². The van der Waals surface area contributed by atoms with Crippen LogP contribution in [0.3, 0.4) is 0 Å². The van der Waals surface area contributed by atoms with Gasteiger partial charge in [0.1, 0.15) is 12.2 Å². The zero-order valence-corrected chi connectivity index (χ0v) is 19.4. The second-order valence-electron chi connectivity index (χ2n) is 8.66. The Morgan fingerprint density at radius 2 is 1.25 bits per heavy atom. The number of carboxylic acid groups (broad SMARTS) is 1. The monoisotopic (exact) mass is 490 g/mol. The highest BCUT2D eigenvalue weighted by molar-refractivity contribution is 5.87. The van der Waals surface area contributed by atoms with Gasteiger partial charge in [-0.3, -0.25) is 0 Å². The largest absolute Gasteiger partial charge is 0.478 e. The van der Waals surface area contributed by atoms with Crippen LogP contribution < -0.4 is 0 Å². The number of benzene rings is 3. The molecule has 8 nitrogen and oxygen atoms in total. The lowest BCUT2D eigenvalue weighted by Gasteiger charge is -2.38. The molecule has 0 aromatic heterocycles. The van der Waals surface area contributed by atoms with Crippen molar-refractivity contribution in [3.05, 3.63) is 107 Å². The van der Waals surface area contributed by atoms with Gasteiger partial charge in [0.15, 0.2) is 18.5 Å². The van der Waals surface area contributed by atoms with Gasteiger partial charge in [-0.15, -0.1) is 0 Å². The molecule has 186 valence electrons. The molecule has 0 aliphatic carbocycles. The minimum atomic E-state index is -0.999. The number of hydrogen-bond acceptors (Lipinski definition) is 7. The van der Waals surface area contributed by atoms with E-state index in [0.29, 0.717) is 6.61 Å². The van der Waals surface area contributed by atoms with Crippen LogP contribution in [0.15, 0.2) is 84.9 Å². The minimum Gasteiger partial charge on any atom is -0.478 e. The van der Waals surface area contributed by atoms with Crippen LogP contribution in [0.2, 0.25) is 0 Å². The van der Waals surface area contributed by atoms with Gasteiger partial charge in [0.25, 0.3) is 0 Å². The molecule has 2 bridgehead atoms. The van der Waals surface area contributed by atoms with Gasteiger partial charge in [-0.05, 0) is 28.8 Å². The van der Waals surface area contributed by atoms with Crippen LogP contribution in [0.5, 0.6) is 0 Å². The molecule has 1 N–H and O–H groups in total. The van der Waals surface area contributed by atoms with Crippen molar-refractivity contribution in [1.29, 1.82) is 0 Å². The molecule has 2 fully saturated rings. The average molecular weight is 491 g/mol. The van der Waals surface area contributed by atoms with Crippen molar-refractivity contribution in [2.75, 3.05) is 0 Å². The van der Waals surface area contributed by atoms with Gasteiger partial charge >= 0.3 is 11.9 Å². The van der Waals surface area contributed by atoms with Gasteiger partial charge in [0.2, 0.25) is 0 Å². The number of esters is 1. The van der Waals surface area contributed by atoms with Crippen LogP contribution in [0, 0.1) is 0 Å². The Morgan fingerprint density at radius 1 is 0.722 bits per heavy atom. The summed E-state index contributed by atoms with van der Waals surface area (Å²) in [5, 5.41) is 9.10. The molecule has 2 heterocycles. The number of carbonyl (C=O) groups excluding carboxylic acids is 1. The molecular weight excluding hydrogens is 464 g/mol. The maximum absolute atomic E-state index is 12.6. The lowest BCUT2D eigenvalue weighted by molar-refractivity contribution is -0.285. The molecule has 36 heavy (non-hydrogen) atoms. The third-order valence-corrected chi connectivity index (χ3v) is 6.17. The number of rotatable bonds is 10. The predicted octanol–water partition coefficient (Wildman–Crippen LogP) is 3.72. The third-order valence-electron chi connectivity index (χ3n) is 6.17. The van der Waals surface area contributed by atoms with E-state index in [4.69, 9.17) is 28.8 Å². The Hall–Kier alpha value is -3.56. The van der Waals surface area contributed by atoms with Crippen molar-refractivity contribution < 1.29 is 38.4 Å². The molecule has 0 saturated carbocycles.